The molecule has 1 amide bonds. The molecule has 188 valence electrons. The highest BCUT2D eigenvalue weighted by Crippen LogP contribution is 2.42. The molecule has 2 fully saturated rings. The molecule has 1 aromatic carbocycles. The first-order valence-electron chi connectivity index (χ1n) is 12.8. The fourth-order valence-corrected chi connectivity index (χ4v) is 5.37. The van der Waals surface area contributed by atoms with Crippen LogP contribution in [0.4, 0.5) is 4.39 Å². The molecule has 8 heteroatoms. The number of alkyl halides is 1. The SMILES string of the molecule is COCCc1nnc(-c2cc(C(=O)N3CCC(F)(C4=CC=C(C#N)CC4)CC3)ccc2C2CCC2)[nH]1. The highest BCUT2D eigenvalue weighted by molar-refractivity contribution is 5.95. The fraction of sp³-hybridized carbons (Fsp3) is 0.500. The van der Waals surface area contributed by atoms with E-state index in [4.69, 9.17) is 10.00 Å². The standard InChI is InChI=1S/C28H32FN5O2/c1-36-16-11-25-31-26(33-32-25)24-17-21(7-10-23(24)20-3-2-4-20)27(35)34-14-12-28(29,13-15-34)22-8-5-19(18-30)6-9-22/h5,7-8,10,17,20H,2-4,6,9,11-16H2,1H3,(H,31,32,33). The molecule has 5 rings (SSSR count). The van der Waals surface area contributed by atoms with Crippen molar-refractivity contribution in [2.75, 3.05) is 26.8 Å². The van der Waals surface area contributed by atoms with Crippen LogP contribution in [0.5, 0.6) is 0 Å². The molecule has 1 N–H and O–H groups in total. The lowest BCUT2D eigenvalue weighted by Crippen LogP contribution is -2.45. The minimum absolute atomic E-state index is 0.0816. The molecule has 36 heavy (non-hydrogen) atoms. The van der Waals surface area contributed by atoms with Gasteiger partial charge in [-0.2, -0.15) is 5.26 Å². The highest BCUT2D eigenvalue weighted by atomic mass is 19.1. The van der Waals surface area contributed by atoms with E-state index in [1.165, 1.54) is 12.0 Å². The Labute approximate surface area is 211 Å². The van der Waals surface area contributed by atoms with Gasteiger partial charge in [-0.3, -0.25) is 4.79 Å². The first-order valence-corrected chi connectivity index (χ1v) is 12.8. The van der Waals surface area contributed by atoms with Gasteiger partial charge in [-0.05, 0) is 60.9 Å². The van der Waals surface area contributed by atoms with Crippen molar-refractivity contribution in [2.45, 2.75) is 63.0 Å². The summed E-state index contributed by atoms with van der Waals surface area (Å²) in [6, 6.07) is 8.03. The van der Waals surface area contributed by atoms with Crippen molar-refractivity contribution >= 4 is 5.91 Å². The lowest BCUT2D eigenvalue weighted by atomic mass is 9.77. The van der Waals surface area contributed by atoms with E-state index in [0.717, 1.165) is 29.8 Å². The summed E-state index contributed by atoms with van der Waals surface area (Å²) < 4.78 is 20.9. The molecule has 1 saturated heterocycles. The molecular weight excluding hydrogens is 457 g/mol. The number of nitriles is 1. The molecule has 3 aliphatic rings. The Balaban J connectivity index is 1.33. The lowest BCUT2D eigenvalue weighted by molar-refractivity contribution is 0.0541. The van der Waals surface area contributed by atoms with Crippen molar-refractivity contribution in [1.82, 2.24) is 20.1 Å². The number of amides is 1. The number of carbonyl (C=O) groups is 1. The van der Waals surface area contributed by atoms with E-state index in [2.05, 4.69) is 27.3 Å². The smallest absolute Gasteiger partial charge is 0.253 e. The number of hydrogen-bond donors (Lipinski definition) is 1. The number of piperidine rings is 1. The van der Waals surface area contributed by atoms with Gasteiger partial charge in [0.15, 0.2) is 5.82 Å². The number of methoxy groups -OCH3 is 1. The molecule has 0 radical (unpaired) electrons. The highest BCUT2D eigenvalue weighted by Gasteiger charge is 2.39. The van der Waals surface area contributed by atoms with Gasteiger partial charge in [-0.1, -0.05) is 18.6 Å². The molecular formula is C28H32FN5O2. The van der Waals surface area contributed by atoms with E-state index in [9.17, 15) is 4.79 Å². The van der Waals surface area contributed by atoms with Crippen molar-refractivity contribution in [3.8, 4) is 17.5 Å². The number of benzene rings is 1. The summed E-state index contributed by atoms with van der Waals surface area (Å²) in [6.07, 6.45) is 9.33. The Kier molecular flexibility index (Phi) is 7.01. The fourth-order valence-electron chi connectivity index (χ4n) is 5.37. The quantitative estimate of drug-likeness (QED) is 0.588. The summed E-state index contributed by atoms with van der Waals surface area (Å²) in [5.41, 5.74) is 2.73. The third kappa shape index (κ3) is 4.85. The van der Waals surface area contributed by atoms with Gasteiger partial charge in [0.05, 0.1) is 12.7 Å². The van der Waals surface area contributed by atoms with Gasteiger partial charge in [0.2, 0.25) is 0 Å². The Morgan fingerprint density at radius 2 is 2.06 bits per heavy atom. The summed E-state index contributed by atoms with van der Waals surface area (Å²) in [6.45, 7) is 1.29. The van der Waals surface area contributed by atoms with Gasteiger partial charge in [0, 0.05) is 56.2 Å². The number of allylic oxidation sites excluding steroid dienone is 4. The molecule has 2 aliphatic carbocycles. The molecule has 1 aliphatic heterocycles. The summed E-state index contributed by atoms with van der Waals surface area (Å²) in [7, 11) is 1.66. The summed E-state index contributed by atoms with van der Waals surface area (Å²) in [5.74, 6) is 1.82. The normalized spacial score (nSPS) is 19.8. The zero-order valence-electron chi connectivity index (χ0n) is 20.7. The monoisotopic (exact) mass is 489 g/mol. The van der Waals surface area contributed by atoms with E-state index in [1.54, 1.807) is 24.2 Å². The minimum atomic E-state index is -1.41. The second-order valence-electron chi connectivity index (χ2n) is 10.0. The average Bonchev–Trinajstić information content (AvgIpc) is 3.35. The maximum atomic E-state index is 15.7. The number of aromatic nitrogens is 3. The Hall–Kier alpha value is -3.31. The zero-order chi connectivity index (χ0) is 25.1. The molecule has 0 spiro atoms. The van der Waals surface area contributed by atoms with Crippen LogP contribution in [-0.2, 0) is 11.2 Å². The number of hydrogen-bond acceptors (Lipinski definition) is 5. The molecule has 0 unspecified atom stereocenters. The summed E-state index contributed by atoms with van der Waals surface area (Å²) >= 11 is 0. The third-order valence-electron chi connectivity index (χ3n) is 7.89. The van der Waals surface area contributed by atoms with Crippen LogP contribution in [0.1, 0.15) is 72.6 Å². The summed E-state index contributed by atoms with van der Waals surface area (Å²) in [5, 5.41) is 17.7. The molecule has 0 atom stereocenters. The summed E-state index contributed by atoms with van der Waals surface area (Å²) in [4.78, 5) is 18.5. The van der Waals surface area contributed by atoms with Crippen LogP contribution >= 0.6 is 0 Å². The predicted molar refractivity (Wildman–Crippen MR) is 134 cm³/mol. The van der Waals surface area contributed by atoms with E-state index in [0.29, 0.717) is 61.8 Å². The Morgan fingerprint density at radius 1 is 1.25 bits per heavy atom. The minimum Gasteiger partial charge on any atom is -0.384 e. The number of halogens is 1. The molecule has 2 heterocycles. The van der Waals surface area contributed by atoms with E-state index < -0.39 is 5.67 Å². The molecule has 2 aromatic rings. The van der Waals surface area contributed by atoms with E-state index >= 15 is 4.39 Å². The maximum absolute atomic E-state index is 15.7. The average molecular weight is 490 g/mol. The first-order chi connectivity index (χ1) is 17.5. The number of aromatic amines is 1. The van der Waals surface area contributed by atoms with Crippen LogP contribution in [0.15, 0.2) is 41.5 Å². The second-order valence-corrected chi connectivity index (χ2v) is 10.0. The Bertz CT molecular complexity index is 1230. The van der Waals surface area contributed by atoms with Gasteiger partial charge in [0.1, 0.15) is 11.5 Å². The second kappa shape index (κ2) is 10.4. The van der Waals surface area contributed by atoms with Crippen molar-refractivity contribution < 1.29 is 13.9 Å². The van der Waals surface area contributed by atoms with Gasteiger partial charge in [0.25, 0.3) is 5.91 Å². The first kappa shape index (κ1) is 24.4. The number of carbonyl (C=O) groups excluding carboxylic acids is 1. The third-order valence-corrected chi connectivity index (χ3v) is 7.89. The largest absolute Gasteiger partial charge is 0.384 e. The number of likely N-dealkylation sites (tertiary alicyclic amines) is 1. The molecule has 1 aromatic heterocycles. The van der Waals surface area contributed by atoms with Crippen LogP contribution in [0.3, 0.4) is 0 Å². The number of H-pyrrole nitrogens is 1. The van der Waals surface area contributed by atoms with Crippen LogP contribution in [-0.4, -0.2) is 58.5 Å². The molecule has 1 saturated carbocycles. The van der Waals surface area contributed by atoms with Crippen LogP contribution < -0.4 is 0 Å². The zero-order valence-corrected chi connectivity index (χ0v) is 20.7. The van der Waals surface area contributed by atoms with E-state index in [1.807, 2.05) is 12.1 Å². The number of ether oxygens (including phenoxy) is 1. The van der Waals surface area contributed by atoms with Gasteiger partial charge >= 0.3 is 0 Å². The van der Waals surface area contributed by atoms with Gasteiger partial charge < -0.3 is 14.6 Å². The van der Waals surface area contributed by atoms with Crippen molar-refractivity contribution in [3.63, 3.8) is 0 Å². The van der Waals surface area contributed by atoms with Crippen molar-refractivity contribution in [2.24, 2.45) is 0 Å². The van der Waals surface area contributed by atoms with Crippen LogP contribution in [0.2, 0.25) is 0 Å². The topological polar surface area (TPSA) is 94.9 Å². The predicted octanol–water partition coefficient (Wildman–Crippen LogP) is 5.04. The van der Waals surface area contributed by atoms with Crippen molar-refractivity contribution in [3.05, 3.63) is 58.4 Å². The number of rotatable bonds is 7. The number of nitrogens with one attached hydrogen (secondary N) is 1. The molecule has 7 nitrogen and oxygen atoms in total. The van der Waals surface area contributed by atoms with Crippen LogP contribution in [0, 0.1) is 11.3 Å². The van der Waals surface area contributed by atoms with Crippen molar-refractivity contribution in [1.29, 1.82) is 5.26 Å². The lowest BCUT2D eigenvalue weighted by Gasteiger charge is -2.38. The number of nitrogens with zero attached hydrogens (tertiary/aromatic N) is 4. The van der Waals surface area contributed by atoms with Gasteiger partial charge in [-0.25, -0.2) is 4.39 Å². The molecule has 0 bridgehead atoms. The van der Waals surface area contributed by atoms with E-state index in [-0.39, 0.29) is 18.7 Å². The maximum Gasteiger partial charge on any atom is 0.253 e. The Morgan fingerprint density at radius 3 is 2.69 bits per heavy atom. The van der Waals surface area contributed by atoms with Crippen LogP contribution in [0.25, 0.3) is 11.4 Å². The van der Waals surface area contributed by atoms with Gasteiger partial charge in [-0.15, -0.1) is 10.2 Å².